The molecular formula is C31H18Br2ClFN4O4. The van der Waals surface area contributed by atoms with Crippen molar-refractivity contribution < 1.29 is 18.3 Å². The van der Waals surface area contributed by atoms with E-state index in [9.17, 15) is 14.0 Å². The van der Waals surface area contributed by atoms with E-state index in [2.05, 4.69) is 47.3 Å². The van der Waals surface area contributed by atoms with E-state index in [1.54, 1.807) is 66.7 Å². The largest absolute Gasteiger partial charge is 0.481 e. The second-order valence-electron chi connectivity index (χ2n) is 9.24. The molecule has 0 aliphatic heterocycles. The zero-order valence-corrected chi connectivity index (χ0v) is 25.8. The van der Waals surface area contributed by atoms with Gasteiger partial charge in [0.15, 0.2) is 12.4 Å². The van der Waals surface area contributed by atoms with Crippen molar-refractivity contribution in [2.24, 2.45) is 5.10 Å². The zero-order chi connectivity index (χ0) is 30.1. The summed E-state index contributed by atoms with van der Waals surface area (Å²) in [6, 6.07) is 23.2. The zero-order valence-electron chi connectivity index (χ0n) is 21.9. The van der Waals surface area contributed by atoms with Crippen LogP contribution in [0.25, 0.3) is 33.5 Å². The van der Waals surface area contributed by atoms with Gasteiger partial charge in [0.25, 0.3) is 11.5 Å². The van der Waals surface area contributed by atoms with E-state index < -0.39 is 11.7 Å². The molecule has 2 heterocycles. The smallest absolute Gasteiger partial charge is 0.282 e. The van der Waals surface area contributed by atoms with E-state index in [1.165, 1.54) is 29.1 Å². The van der Waals surface area contributed by atoms with Gasteiger partial charge in [0, 0.05) is 10.4 Å². The first-order chi connectivity index (χ1) is 20.8. The third-order valence-corrected chi connectivity index (χ3v) is 7.70. The Kier molecular flexibility index (Phi) is 8.11. The van der Waals surface area contributed by atoms with Crippen molar-refractivity contribution in [3.05, 3.63) is 121 Å². The monoisotopic (exact) mass is 722 g/mol. The van der Waals surface area contributed by atoms with Crippen LogP contribution in [0, 0.1) is 5.82 Å². The highest BCUT2D eigenvalue weighted by molar-refractivity contribution is 9.11. The summed E-state index contributed by atoms with van der Waals surface area (Å²) in [6.07, 6.45) is 1.49. The highest BCUT2D eigenvalue weighted by Gasteiger charge is 2.17. The predicted molar refractivity (Wildman–Crippen MR) is 172 cm³/mol. The average molecular weight is 725 g/mol. The fourth-order valence-electron chi connectivity index (χ4n) is 4.32. The molecule has 0 saturated carbocycles. The number of fused-ring (bicyclic) bond motifs is 2. The van der Waals surface area contributed by atoms with Crippen molar-refractivity contribution in [2.75, 3.05) is 11.9 Å². The van der Waals surface area contributed by atoms with E-state index in [-0.39, 0.29) is 23.7 Å². The summed E-state index contributed by atoms with van der Waals surface area (Å²) in [5, 5.41) is 8.65. The van der Waals surface area contributed by atoms with Gasteiger partial charge in [-0.3, -0.25) is 9.59 Å². The van der Waals surface area contributed by atoms with Gasteiger partial charge in [0.1, 0.15) is 17.1 Å². The normalized spacial score (nSPS) is 11.4. The van der Waals surface area contributed by atoms with E-state index >= 15 is 0 Å². The number of carbonyl (C=O) groups is 1. The van der Waals surface area contributed by atoms with Crippen LogP contribution in [0.3, 0.4) is 0 Å². The molecule has 4 aromatic carbocycles. The first-order valence-electron chi connectivity index (χ1n) is 12.7. The summed E-state index contributed by atoms with van der Waals surface area (Å²) in [7, 11) is 0. The van der Waals surface area contributed by atoms with Crippen LogP contribution in [0.15, 0.2) is 108 Å². The standard InChI is InChI=1S/C31H18Br2ClFN4O4/c32-21-11-17(12-22(33)29(21)42-16-28(40)37-25-8-4-2-6-23(25)35)15-36-39-30(38-24-7-3-1-5-20(24)31(39)41)27-14-18-13-19(34)9-10-26(18)43-27/h1-15H,16H2,(H,37,40). The van der Waals surface area contributed by atoms with Crippen molar-refractivity contribution in [1.29, 1.82) is 0 Å². The summed E-state index contributed by atoms with van der Waals surface area (Å²) < 4.78 is 27.8. The Bertz CT molecular complexity index is 2110. The van der Waals surface area contributed by atoms with Crippen molar-refractivity contribution in [1.82, 2.24) is 9.66 Å². The Morgan fingerprint density at radius 1 is 1.05 bits per heavy atom. The fourth-order valence-corrected chi connectivity index (χ4v) is 5.95. The SMILES string of the molecule is O=C(COc1c(Br)cc(C=Nn2c(-c3cc4cc(Cl)ccc4o3)nc3ccccc3c2=O)cc1Br)Nc1ccccc1F. The minimum absolute atomic E-state index is 0.0602. The molecule has 0 fully saturated rings. The molecular weight excluding hydrogens is 707 g/mol. The minimum Gasteiger partial charge on any atom is -0.481 e. The quantitative estimate of drug-likeness (QED) is 0.168. The van der Waals surface area contributed by atoms with Crippen LogP contribution in [-0.2, 0) is 4.79 Å². The lowest BCUT2D eigenvalue weighted by Gasteiger charge is -2.12. The lowest BCUT2D eigenvalue weighted by atomic mass is 10.2. The van der Waals surface area contributed by atoms with E-state index in [4.69, 9.17) is 20.8 Å². The van der Waals surface area contributed by atoms with Crippen molar-refractivity contribution in [2.45, 2.75) is 0 Å². The molecule has 0 aliphatic rings. The summed E-state index contributed by atoms with van der Waals surface area (Å²) >= 11 is 13.1. The molecule has 0 unspecified atom stereocenters. The number of nitrogens with one attached hydrogen (secondary N) is 1. The number of rotatable bonds is 7. The van der Waals surface area contributed by atoms with Gasteiger partial charge in [0.2, 0.25) is 5.82 Å². The molecule has 0 atom stereocenters. The number of aromatic nitrogens is 2. The van der Waals surface area contributed by atoms with Crippen LogP contribution in [0.5, 0.6) is 5.75 Å². The van der Waals surface area contributed by atoms with Crippen LogP contribution in [0.4, 0.5) is 10.1 Å². The summed E-state index contributed by atoms with van der Waals surface area (Å²) in [6.45, 7) is -0.358. The molecule has 6 aromatic rings. The number of hydrogen-bond acceptors (Lipinski definition) is 6. The van der Waals surface area contributed by atoms with Gasteiger partial charge < -0.3 is 14.5 Å². The summed E-state index contributed by atoms with van der Waals surface area (Å²) in [5.74, 6) is -0.163. The van der Waals surface area contributed by atoms with Crippen LogP contribution in [0.2, 0.25) is 5.02 Å². The molecule has 2 aromatic heterocycles. The number of carbonyl (C=O) groups excluding carboxylic acids is 1. The van der Waals surface area contributed by atoms with Gasteiger partial charge in [-0.05, 0) is 98.1 Å². The molecule has 43 heavy (non-hydrogen) atoms. The number of para-hydroxylation sites is 2. The van der Waals surface area contributed by atoms with Crippen molar-refractivity contribution >= 4 is 83.1 Å². The molecule has 0 saturated heterocycles. The average Bonchev–Trinajstić information content (AvgIpc) is 3.40. The molecule has 12 heteroatoms. The topological polar surface area (TPSA) is 98.7 Å². The number of ether oxygens (including phenoxy) is 1. The molecule has 6 rings (SSSR count). The van der Waals surface area contributed by atoms with Crippen LogP contribution in [0.1, 0.15) is 5.56 Å². The van der Waals surface area contributed by atoms with Gasteiger partial charge in [-0.1, -0.05) is 35.9 Å². The van der Waals surface area contributed by atoms with Crippen LogP contribution in [-0.4, -0.2) is 28.4 Å². The first kappa shape index (κ1) is 28.8. The summed E-state index contributed by atoms with van der Waals surface area (Å²) in [4.78, 5) is 30.6. The van der Waals surface area contributed by atoms with E-state index in [0.717, 1.165) is 5.39 Å². The van der Waals surface area contributed by atoms with Gasteiger partial charge >= 0.3 is 0 Å². The second-order valence-corrected chi connectivity index (χ2v) is 11.4. The molecule has 0 aliphatic carbocycles. The Balaban J connectivity index is 1.30. The maximum Gasteiger partial charge on any atom is 0.282 e. The first-order valence-corrected chi connectivity index (χ1v) is 14.6. The second kappa shape index (κ2) is 12.1. The number of nitrogens with zero attached hydrogens (tertiary/aromatic N) is 3. The molecule has 8 nitrogen and oxygen atoms in total. The number of furan rings is 1. The number of halogens is 4. The lowest BCUT2D eigenvalue weighted by molar-refractivity contribution is -0.118. The van der Waals surface area contributed by atoms with Gasteiger partial charge in [-0.2, -0.15) is 9.78 Å². The Morgan fingerprint density at radius 3 is 2.58 bits per heavy atom. The maximum absolute atomic E-state index is 13.8. The maximum atomic E-state index is 13.8. The number of benzene rings is 4. The molecule has 1 amide bonds. The van der Waals surface area contributed by atoms with E-state index in [0.29, 0.717) is 47.5 Å². The Hall–Kier alpha value is -4.32. The number of anilines is 1. The number of hydrogen-bond donors (Lipinski definition) is 1. The Labute approximate surface area is 265 Å². The van der Waals surface area contributed by atoms with Gasteiger partial charge in [0.05, 0.1) is 31.8 Å². The number of amides is 1. The predicted octanol–water partition coefficient (Wildman–Crippen LogP) is 8.03. The molecule has 0 bridgehead atoms. The van der Waals surface area contributed by atoms with Crippen molar-refractivity contribution in [3.8, 4) is 17.3 Å². The van der Waals surface area contributed by atoms with Gasteiger partial charge in [-0.25, -0.2) is 9.37 Å². The molecule has 1 N–H and O–H groups in total. The summed E-state index contributed by atoms with van der Waals surface area (Å²) in [5.41, 5.74) is 1.37. The molecule has 0 spiro atoms. The fraction of sp³-hybridized carbons (Fsp3) is 0.0323. The molecule has 0 radical (unpaired) electrons. The highest BCUT2D eigenvalue weighted by Crippen LogP contribution is 2.35. The highest BCUT2D eigenvalue weighted by atomic mass is 79.9. The van der Waals surface area contributed by atoms with Crippen LogP contribution >= 0.6 is 43.5 Å². The lowest BCUT2D eigenvalue weighted by Crippen LogP contribution is -2.21. The van der Waals surface area contributed by atoms with Crippen molar-refractivity contribution in [3.63, 3.8) is 0 Å². The van der Waals surface area contributed by atoms with E-state index in [1.807, 2.05) is 0 Å². The Morgan fingerprint density at radius 2 is 1.79 bits per heavy atom. The molecule has 214 valence electrons. The van der Waals surface area contributed by atoms with Gasteiger partial charge in [-0.15, -0.1) is 0 Å². The minimum atomic E-state index is -0.546. The van der Waals surface area contributed by atoms with Crippen LogP contribution < -0.4 is 15.6 Å². The third-order valence-electron chi connectivity index (χ3n) is 6.29. The third kappa shape index (κ3) is 6.10.